The van der Waals surface area contributed by atoms with Crippen molar-refractivity contribution < 1.29 is 19.1 Å². The van der Waals surface area contributed by atoms with Crippen molar-refractivity contribution in [2.75, 3.05) is 13.7 Å². The smallest absolute Gasteiger partial charge is 0.175 e. The van der Waals surface area contributed by atoms with Crippen molar-refractivity contribution in [2.24, 2.45) is 0 Å². The quantitative estimate of drug-likeness (QED) is 0.364. The van der Waals surface area contributed by atoms with Crippen molar-refractivity contribution in [2.45, 2.75) is 51.0 Å². The summed E-state index contributed by atoms with van der Waals surface area (Å²) in [5, 5.41) is 0. The third-order valence-electron chi connectivity index (χ3n) is 7.20. The highest BCUT2D eigenvalue weighted by molar-refractivity contribution is 9.10. The lowest BCUT2D eigenvalue weighted by atomic mass is 9.71. The van der Waals surface area contributed by atoms with E-state index >= 15 is 0 Å². The standard InChI is InChI=1S/C30H30BrNO4/c1-3-15-36-30-21(31)16-20(17-26(30)35-2)27-28-22(11-7-13-24(28)33)32(18-19-9-5-4-6-10-19)23-12-8-14-25(34)29(23)27/h3-6,9-10,16-17,27H,1,7-8,11-15,18H2,2H3. The minimum atomic E-state index is -0.402. The Balaban J connectivity index is 1.69. The van der Waals surface area contributed by atoms with E-state index in [9.17, 15) is 9.59 Å². The van der Waals surface area contributed by atoms with Crippen LogP contribution in [0.2, 0.25) is 0 Å². The molecule has 36 heavy (non-hydrogen) atoms. The van der Waals surface area contributed by atoms with Crippen molar-refractivity contribution >= 4 is 27.5 Å². The molecule has 6 heteroatoms. The summed E-state index contributed by atoms with van der Waals surface area (Å²) in [5.74, 6) is 0.999. The average Bonchev–Trinajstić information content (AvgIpc) is 2.89. The van der Waals surface area contributed by atoms with Crippen LogP contribution in [0.15, 0.2) is 82.1 Å². The number of ether oxygens (including phenoxy) is 2. The van der Waals surface area contributed by atoms with Gasteiger partial charge in [0.25, 0.3) is 0 Å². The van der Waals surface area contributed by atoms with Crippen molar-refractivity contribution in [3.8, 4) is 11.5 Å². The zero-order valence-corrected chi connectivity index (χ0v) is 22.1. The molecular formula is C30H30BrNO4. The number of ketones is 2. The van der Waals surface area contributed by atoms with Gasteiger partial charge in [-0.15, -0.1) is 0 Å². The van der Waals surface area contributed by atoms with E-state index in [1.807, 2.05) is 30.3 Å². The van der Waals surface area contributed by atoms with Crippen molar-refractivity contribution in [1.29, 1.82) is 0 Å². The molecule has 2 aliphatic carbocycles. The maximum absolute atomic E-state index is 13.5. The lowest BCUT2D eigenvalue weighted by Gasteiger charge is -2.44. The van der Waals surface area contributed by atoms with E-state index in [2.05, 4.69) is 39.5 Å². The van der Waals surface area contributed by atoms with Gasteiger partial charge >= 0.3 is 0 Å². The third-order valence-corrected chi connectivity index (χ3v) is 7.79. The Morgan fingerprint density at radius 3 is 2.22 bits per heavy atom. The van der Waals surface area contributed by atoms with Crippen LogP contribution in [0, 0.1) is 0 Å². The number of hydrogen-bond donors (Lipinski definition) is 0. The van der Waals surface area contributed by atoms with Gasteiger partial charge in [0, 0.05) is 47.8 Å². The summed E-state index contributed by atoms with van der Waals surface area (Å²) in [6.07, 6.45) is 6.00. The van der Waals surface area contributed by atoms with Crippen LogP contribution in [0.4, 0.5) is 0 Å². The summed E-state index contributed by atoms with van der Waals surface area (Å²) < 4.78 is 12.2. The molecule has 0 amide bonds. The summed E-state index contributed by atoms with van der Waals surface area (Å²) in [7, 11) is 1.60. The highest BCUT2D eigenvalue weighted by Gasteiger charge is 2.43. The van der Waals surface area contributed by atoms with Crippen LogP contribution in [0.1, 0.15) is 55.6 Å². The number of halogens is 1. The first-order valence-corrected chi connectivity index (χ1v) is 13.3. The van der Waals surface area contributed by atoms with Gasteiger partial charge in [0.05, 0.1) is 11.6 Å². The number of Topliss-reactive ketones (excluding diaryl/α,β-unsaturated/α-hetero) is 2. The van der Waals surface area contributed by atoms with Gasteiger partial charge in [-0.25, -0.2) is 0 Å². The number of carbonyl (C=O) groups excluding carboxylic acids is 2. The summed E-state index contributed by atoms with van der Waals surface area (Å²) in [5.41, 5.74) is 5.69. The van der Waals surface area contributed by atoms with Gasteiger partial charge in [-0.3, -0.25) is 9.59 Å². The van der Waals surface area contributed by atoms with Gasteiger partial charge in [-0.2, -0.15) is 0 Å². The number of carbonyl (C=O) groups is 2. The molecule has 0 aromatic heterocycles. The summed E-state index contributed by atoms with van der Waals surface area (Å²) >= 11 is 3.65. The molecule has 0 saturated carbocycles. The monoisotopic (exact) mass is 547 g/mol. The average molecular weight is 548 g/mol. The van der Waals surface area contributed by atoms with Gasteiger partial charge in [0.15, 0.2) is 23.1 Å². The number of rotatable bonds is 7. The lowest BCUT2D eigenvalue weighted by Crippen LogP contribution is -2.38. The topological polar surface area (TPSA) is 55.8 Å². The van der Waals surface area contributed by atoms with E-state index in [0.29, 0.717) is 37.5 Å². The molecule has 5 rings (SSSR count). The molecule has 0 unspecified atom stereocenters. The summed E-state index contributed by atoms with van der Waals surface area (Å²) in [6.45, 7) is 4.72. The lowest BCUT2D eigenvalue weighted by molar-refractivity contribution is -0.117. The van der Waals surface area contributed by atoms with Crippen LogP contribution in [0.3, 0.4) is 0 Å². The normalized spacial score (nSPS) is 18.2. The molecule has 3 aliphatic rings. The fourth-order valence-electron chi connectivity index (χ4n) is 5.70. The highest BCUT2D eigenvalue weighted by Crippen LogP contribution is 2.51. The second-order valence-corrected chi connectivity index (χ2v) is 10.3. The maximum Gasteiger partial charge on any atom is 0.175 e. The number of methoxy groups -OCH3 is 1. The number of benzene rings is 2. The molecule has 1 heterocycles. The molecule has 0 bridgehead atoms. The SMILES string of the molecule is C=CCOc1c(Br)cc(C2C3=C(CCCC3=O)N(Cc3ccccc3)C3=C2C(=O)CCC3)cc1OC. The minimum absolute atomic E-state index is 0.131. The van der Waals surface area contributed by atoms with Gasteiger partial charge in [0.1, 0.15) is 6.61 Å². The second-order valence-electron chi connectivity index (χ2n) is 9.41. The van der Waals surface area contributed by atoms with Crippen molar-refractivity contribution in [1.82, 2.24) is 4.90 Å². The molecule has 0 fully saturated rings. The Morgan fingerprint density at radius 1 is 1.00 bits per heavy atom. The molecule has 2 aromatic carbocycles. The molecule has 0 spiro atoms. The zero-order valence-electron chi connectivity index (χ0n) is 20.5. The largest absolute Gasteiger partial charge is 0.493 e. The zero-order chi connectivity index (χ0) is 25.2. The van der Waals surface area contributed by atoms with Crippen LogP contribution in [-0.2, 0) is 16.1 Å². The van der Waals surface area contributed by atoms with E-state index in [1.54, 1.807) is 13.2 Å². The second kappa shape index (κ2) is 10.5. The Bertz CT molecular complexity index is 1230. The van der Waals surface area contributed by atoms with Crippen LogP contribution in [-0.4, -0.2) is 30.2 Å². The number of hydrogen-bond acceptors (Lipinski definition) is 5. The van der Waals surface area contributed by atoms with Crippen LogP contribution in [0.25, 0.3) is 0 Å². The van der Waals surface area contributed by atoms with E-state index in [1.165, 1.54) is 5.56 Å². The fourth-order valence-corrected chi connectivity index (χ4v) is 6.27. The van der Waals surface area contributed by atoms with Gasteiger partial charge in [-0.1, -0.05) is 43.0 Å². The fraction of sp³-hybridized carbons (Fsp3) is 0.333. The van der Waals surface area contributed by atoms with E-state index < -0.39 is 5.92 Å². The molecule has 186 valence electrons. The number of nitrogens with zero attached hydrogens (tertiary/aromatic N) is 1. The third kappa shape index (κ3) is 4.43. The molecule has 0 radical (unpaired) electrons. The predicted molar refractivity (Wildman–Crippen MR) is 143 cm³/mol. The first-order valence-electron chi connectivity index (χ1n) is 12.5. The summed E-state index contributed by atoms with van der Waals surface area (Å²) in [4.78, 5) is 29.4. The molecule has 5 nitrogen and oxygen atoms in total. The Labute approximate surface area is 220 Å². The van der Waals surface area contributed by atoms with Crippen molar-refractivity contribution in [3.63, 3.8) is 0 Å². The minimum Gasteiger partial charge on any atom is -0.493 e. The van der Waals surface area contributed by atoms with Crippen LogP contribution >= 0.6 is 15.9 Å². The Hall–Kier alpha value is -3.12. The molecule has 1 aliphatic heterocycles. The predicted octanol–water partition coefficient (Wildman–Crippen LogP) is 6.64. The molecule has 0 N–H and O–H groups in total. The molecule has 0 saturated heterocycles. The molecule has 2 aromatic rings. The van der Waals surface area contributed by atoms with Crippen LogP contribution < -0.4 is 9.47 Å². The highest BCUT2D eigenvalue weighted by atomic mass is 79.9. The van der Waals surface area contributed by atoms with E-state index in [0.717, 1.165) is 58.3 Å². The first-order chi connectivity index (χ1) is 17.5. The first kappa shape index (κ1) is 24.6. The maximum atomic E-state index is 13.5. The summed E-state index contributed by atoms with van der Waals surface area (Å²) in [6, 6.07) is 14.2. The van der Waals surface area contributed by atoms with Gasteiger partial charge in [-0.05, 0) is 64.9 Å². The van der Waals surface area contributed by atoms with E-state index in [-0.39, 0.29) is 11.6 Å². The Morgan fingerprint density at radius 2 is 1.64 bits per heavy atom. The van der Waals surface area contributed by atoms with E-state index in [4.69, 9.17) is 9.47 Å². The van der Waals surface area contributed by atoms with Gasteiger partial charge < -0.3 is 14.4 Å². The number of allylic oxidation sites excluding steroid dienone is 4. The molecular weight excluding hydrogens is 518 g/mol. The Kier molecular flexibility index (Phi) is 7.15. The van der Waals surface area contributed by atoms with Gasteiger partial charge in [0.2, 0.25) is 0 Å². The van der Waals surface area contributed by atoms with Crippen LogP contribution in [0.5, 0.6) is 11.5 Å². The molecule has 0 atom stereocenters. The van der Waals surface area contributed by atoms with Crippen molar-refractivity contribution in [3.05, 3.63) is 93.3 Å².